The first kappa shape index (κ1) is 22.7. The molecule has 0 bridgehead atoms. The van der Waals surface area contributed by atoms with Gasteiger partial charge in [0.15, 0.2) is 0 Å². The molecule has 3 aromatic carbocycles. The Bertz CT molecular complexity index is 1220. The van der Waals surface area contributed by atoms with Crippen LogP contribution >= 0.6 is 27.7 Å². The Morgan fingerprint density at radius 3 is 2.34 bits per heavy atom. The fourth-order valence-corrected chi connectivity index (χ4v) is 4.95. The number of hydrogen-bond acceptors (Lipinski definition) is 2. The molecule has 4 aromatic rings. The largest absolute Gasteiger partial charge is 0.354 e. The van der Waals surface area contributed by atoms with E-state index in [0.717, 1.165) is 27.0 Å². The van der Waals surface area contributed by atoms with Crippen LogP contribution < -0.4 is 5.32 Å². The van der Waals surface area contributed by atoms with Crippen molar-refractivity contribution in [2.75, 3.05) is 12.3 Å². The molecule has 0 saturated heterocycles. The Balaban J connectivity index is 1.44. The summed E-state index contributed by atoms with van der Waals surface area (Å²) in [6.45, 7) is 7.12. The number of carbonyl (C=O) groups excluding carboxylic acids is 1. The zero-order valence-electron chi connectivity index (χ0n) is 18.5. The van der Waals surface area contributed by atoms with E-state index in [4.69, 9.17) is 0 Å². The summed E-state index contributed by atoms with van der Waals surface area (Å²) < 4.78 is 1.06. The number of hydrogen-bond donors (Lipinski definition) is 2. The van der Waals surface area contributed by atoms with Crippen LogP contribution in [0.5, 0.6) is 0 Å². The second-order valence-corrected chi connectivity index (χ2v) is 10.8. The summed E-state index contributed by atoms with van der Waals surface area (Å²) in [6, 6.07) is 24.6. The topological polar surface area (TPSA) is 44.9 Å². The van der Waals surface area contributed by atoms with Gasteiger partial charge in [0, 0.05) is 38.1 Å². The fourth-order valence-electron chi connectivity index (χ4n) is 3.63. The Morgan fingerprint density at radius 2 is 1.66 bits per heavy atom. The number of thioether (sulfide) groups is 1. The second-order valence-electron chi connectivity index (χ2n) is 8.81. The van der Waals surface area contributed by atoms with E-state index in [1.54, 1.807) is 11.8 Å². The molecule has 5 heteroatoms. The second kappa shape index (κ2) is 9.55. The third-order valence-corrected chi connectivity index (χ3v) is 7.09. The first-order chi connectivity index (χ1) is 15.3. The zero-order valence-corrected chi connectivity index (χ0v) is 20.9. The first-order valence-corrected chi connectivity index (χ1v) is 12.5. The summed E-state index contributed by atoms with van der Waals surface area (Å²) in [7, 11) is 0. The SMILES string of the molecule is CC(C)(C)c1ccc(C(=O)NCCSc2c(-c3ccc(Br)cc3)[nH]c3ccccc23)cc1. The van der Waals surface area contributed by atoms with Crippen molar-refractivity contribution in [1.82, 2.24) is 10.3 Å². The molecule has 1 amide bonds. The van der Waals surface area contributed by atoms with Gasteiger partial charge in [-0.1, -0.05) is 79.2 Å². The monoisotopic (exact) mass is 506 g/mol. The summed E-state index contributed by atoms with van der Waals surface area (Å²) in [5.41, 5.74) is 5.39. The van der Waals surface area contributed by atoms with E-state index < -0.39 is 0 Å². The van der Waals surface area contributed by atoms with E-state index in [2.05, 4.69) is 89.5 Å². The van der Waals surface area contributed by atoms with Crippen molar-refractivity contribution in [2.45, 2.75) is 31.1 Å². The van der Waals surface area contributed by atoms with Crippen LogP contribution in [0.2, 0.25) is 0 Å². The highest BCUT2D eigenvalue weighted by atomic mass is 79.9. The summed E-state index contributed by atoms with van der Waals surface area (Å²) >= 11 is 5.28. The molecule has 1 heterocycles. The van der Waals surface area contributed by atoms with E-state index in [1.165, 1.54) is 15.8 Å². The molecule has 0 aliphatic rings. The molecule has 0 aliphatic heterocycles. The van der Waals surface area contributed by atoms with Gasteiger partial charge in [-0.05, 0) is 46.9 Å². The van der Waals surface area contributed by atoms with Gasteiger partial charge >= 0.3 is 0 Å². The highest BCUT2D eigenvalue weighted by Crippen LogP contribution is 2.37. The Hall–Kier alpha value is -2.50. The molecule has 0 atom stereocenters. The van der Waals surface area contributed by atoms with Crippen LogP contribution in [0.4, 0.5) is 0 Å². The normalized spacial score (nSPS) is 11.6. The molecule has 164 valence electrons. The molecule has 4 rings (SSSR count). The Kier molecular flexibility index (Phi) is 6.77. The minimum atomic E-state index is -0.0295. The number of aromatic amines is 1. The van der Waals surface area contributed by atoms with Gasteiger partial charge in [-0.2, -0.15) is 0 Å². The number of carbonyl (C=O) groups is 1. The van der Waals surface area contributed by atoms with E-state index >= 15 is 0 Å². The molecule has 0 fully saturated rings. The number of halogens is 1. The molecule has 0 radical (unpaired) electrons. The number of rotatable bonds is 6. The van der Waals surface area contributed by atoms with Crippen molar-refractivity contribution < 1.29 is 4.79 Å². The summed E-state index contributed by atoms with van der Waals surface area (Å²) in [4.78, 5) is 17.4. The minimum Gasteiger partial charge on any atom is -0.354 e. The lowest BCUT2D eigenvalue weighted by molar-refractivity contribution is 0.0956. The molecule has 32 heavy (non-hydrogen) atoms. The Labute approximate surface area is 202 Å². The molecular formula is C27H27BrN2OS. The van der Waals surface area contributed by atoms with Crippen LogP contribution in [0, 0.1) is 0 Å². The third kappa shape index (κ3) is 5.11. The molecule has 0 aliphatic carbocycles. The average molecular weight is 507 g/mol. The predicted octanol–water partition coefficient (Wildman–Crippen LogP) is 7.42. The van der Waals surface area contributed by atoms with Crippen LogP contribution in [-0.2, 0) is 5.41 Å². The standard InChI is InChI=1S/C27H27BrN2OS/c1-27(2,3)20-12-8-19(9-13-20)26(31)29-16-17-32-25-22-6-4-5-7-23(22)30-24(25)18-10-14-21(28)15-11-18/h4-15,30H,16-17H2,1-3H3,(H,29,31). The van der Waals surface area contributed by atoms with Gasteiger partial charge in [0.1, 0.15) is 0 Å². The lowest BCUT2D eigenvalue weighted by Gasteiger charge is -2.19. The molecule has 2 N–H and O–H groups in total. The number of aromatic nitrogens is 1. The molecule has 0 unspecified atom stereocenters. The number of benzene rings is 3. The van der Waals surface area contributed by atoms with Gasteiger partial charge in [-0.15, -0.1) is 11.8 Å². The smallest absolute Gasteiger partial charge is 0.251 e. The van der Waals surface area contributed by atoms with E-state index in [9.17, 15) is 4.79 Å². The van der Waals surface area contributed by atoms with Gasteiger partial charge < -0.3 is 10.3 Å². The first-order valence-electron chi connectivity index (χ1n) is 10.7. The van der Waals surface area contributed by atoms with Crippen molar-refractivity contribution in [3.63, 3.8) is 0 Å². The molecule has 3 nitrogen and oxygen atoms in total. The van der Waals surface area contributed by atoms with Gasteiger partial charge in [0.25, 0.3) is 5.91 Å². The number of amides is 1. The van der Waals surface area contributed by atoms with E-state index in [0.29, 0.717) is 12.1 Å². The van der Waals surface area contributed by atoms with Gasteiger partial charge in [0.05, 0.1) is 5.69 Å². The number of H-pyrrole nitrogens is 1. The van der Waals surface area contributed by atoms with Gasteiger partial charge in [-0.25, -0.2) is 0 Å². The highest BCUT2D eigenvalue weighted by molar-refractivity contribution is 9.10. The van der Waals surface area contributed by atoms with Crippen molar-refractivity contribution in [2.24, 2.45) is 0 Å². The molecule has 0 saturated carbocycles. The maximum absolute atomic E-state index is 12.6. The lowest BCUT2D eigenvalue weighted by Crippen LogP contribution is -2.25. The zero-order chi connectivity index (χ0) is 22.7. The van der Waals surface area contributed by atoms with Crippen LogP contribution in [0.3, 0.4) is 0 Å². The van der Waals surface area contributed by atoms with E-state index in [-0.39, 0.29) is 11.3 Å². The average Bonchev–Trinajstić information content (AvgIpc) is 3.15. The quantitative estimate of drug-likeness (QED) is 0.211. The van der Waals surface area contributed by atoms with Gasteiger partial charge in [0.2, 0.25) is 0 Å². The van der Waals surface area contributed by atoms with Gasteiger partial charge in [-0.3, -0.25) is 4.79 Å². The number of nitrogens with one attached hydrogen (secondary N) is 2. The molecule has 0 spiro atoms. The maximum atomic E-state index is 12.6. The van der Waals surface area contributed by atoms with Crippen molar-refractivity contribution >= 4 is 44.5 Å². The van der Waals surface area contributed by atoms with E-state index in [1.807, 2.05) is 30.3 Å². The fraction of sp³-hybridized carbons (Fsp3) is 0.222. The molecule has 1 aromatic heterocycles. The highest BCUT2D eigenvalue weighted by Gasteiger charge is 2.15. The van der Waals surface area contributed by atoms with Crippen molar-refractivity contribution in [1.29, 1.82) is 0 Å². The summed E-state index contributed by atoms with van der Waals surface area (Å²) in [5, 5.41) is 4.27. The maximum Gasteiger partial charge on any atom is 0.251 e. The molecular weight excluding hydrogens is 480 g/mol. The van der Waals surface area contributed by atoms with Crippen LogP contribution in [0.1, 0.15) is 36.7 Å². The van der Waals surface area contributed by atoms with Crippen LogP contribution in [0.15, 0.2) is 82.2 Å². The summed E-state index contributed by atoms with van der Waals surface area (Å²) in [5.74, 6) is 0.759. The third-order valence-electron chi connectivity index (χ3n) is 5.44. The van der Waals surface area contributed by atoms with Crippen LogP contribution in [0.25, 0.3) is 22.2 Å². The Morgan fingerprint density at radius 1 is 0.969 bits per heavy atom. The van der Waals surface area contributed by atoms with Crippen molar-refractivity contribution in [3.8, 4) is 11.3 Å². The minimum absolute atomic E-state index is 0.0295. The number of fused-ring (bicyclic) bond motifs is 1. The van der Waals surface area contributed by atoms with Crippen LogP contribution in [-0.4, -0.2) is 23.2 Å². The lowest BCUT2D eigenvalue weighted by atomic mass is 9.87. The predicted molar refractivity (Wildman–Crippen MR) is 140 cm³/mol. The number of para-hydroxylation sites is 1. The van der Waals surface area contributed by atoms with Crippen molar-refractivity contribution in [3.05, 3.63) is 88.4 Å². The summed E-state index contributed by atoms with van der Waals surface area (Å²) in [6.07, 6.45) is 0.